The third kappa shape index (κ3) is 4.28. The van der Waals surface area contributed by atoms with Gasteiger partial charge >= 0.3 is 0 Å². The summed E-state index contributed by atoms with van der Waals surface area (Å²) in [7, 11) is 0. The molecule has 1 heterocycles. The first-order valence-electron chi connectivity index (χ1n) is 8.87. The summed E-state index contributed by atoms with van der Waals surface area (Å²) in [5, 5.41) is 3.00. The van der Waals surface area contributed by atoms with E-state index in [0.29, 0.717) is 31.7 Å². The lowest BCUT2D eigenvalue weighted by atomic mass is 9.80. The Morgan fingerprint density at radius 2 is 1.88 bits per heavy atom. The van der Waals surface area contributed by atoms with Crippen molar-refractivity contribution in [2.24, 2.45) is 0 Å². The molecule has 2 rings (SSSR count). The van der Waals surface area contributed by atoms with Crippen molar-refractivity contribution in [2.75, 3.05) is 13.1 Å². The highest BCUT2D eigenvalue weighted by molar-refractivity contribution is 5.97. The van der Waals surface area contributed by atoms with Crippen LogP contribution in [0, 0.1) is 6.92 Å². The third-order valence-electron chi connectivity index (χ3n) is 4.69. The number of furan rings is 1. The zero-order valence-corrected chi connectivity index (χ0v) is 14.9. The van der Waals surface area contributed by atoms with Gasteiger partial charge in [0.25, 0.3) is 0 Å². The maximum Gasteiger partial charge on any atom is 0.248 e. The second kappa shape index (κ2) is 8.18. The number of aryl methyl sites for hydroxylation is 1. The van der Waals surface area contributed by atoms with Gasteiger partial charge in [-0.05, 0) is 51.8 Å². The Hall–Kier alpha value is -2.04. The third-order valence-corrected chi connectivity index (χ3v) is 4.69. The van der Waals surface area contributed by atoms with Gasteiger partial charge in [-0.25, -0.2) is 0 Å². The smallest absolute Gasteiger partial charge is 0.248 e. The number of hydrogen-bond acceptors (Lipinski definition) is 3. The molecule has 0 radical (unpaired) electrons. The summed E-state index contributed by atoms with van der Waals surface area (Å²) in [6, 6.07) is 3.67. The van der Waals surface area contributed by atoms with E-state index in [0.717, 1.165) is 25.0 Å². The zero-order valence-electron chi connectivity index (χ0n) is 14.9. The first-order chi connectivity index (χ1) is 11.5. The van der Waals surface area contributed by atoms with Crippen molar-refractivity contribution in [2.45, 2.75) is 58.4 Å². The molecule has 0 aromatic carbocycles. The highest BCUT2D eigenvalue weighted by atomic mass is 16.3. The second-order valence-electron chi connectivity index (χ2n) is 6.39. The molecule has 132 valence electrons. The Labute approximate surface area is 144 Å². The van der Waals surface area contributed by atoms with Crippen molar-refractivity contribution in [3.63, 3.8) is 0 Å². The van der Waals surface area contributed by atoms with Crippen LogP contribution < -0.4 is 5.32 Å². The summed E-state index contributed by atoms with van der Waals surface area (Å²) < 4.78 is 5.43. The van der Waals surface area contributed by atoms with Crippen molar-refractivity contribution in [3.05, 3.63) is 29.7 Å². The molecule has 1 aromatic heterocycles. The minimum absolute atomic E-state index is 0.0443. The fourth-order valence-electron chi connectivity index (χ4n) is 3.34. The van der Waals surface area contributed by atoms with E-state index in [2.05, 4.69) is 5.32 Å². The molecule has 0 spiro atoms. The monoisotopic (exact) mass is 332 g/mol. The van der Waals surface area contributed by atoms with Gasteiger partial charge in [0.2, 0.25) is 11.8 Å². The molecule has 0 unspecified atom stereocenters. The van der Waals surface area contributed by atoms with Crippen LogP contribution in [0.25, 0.3) is 6.08 Å². The minimum atomic E-state index is -0.759. The van der Waals surface area contributed by atoms with Gasteiger partial charge in [0.1, 0.15) is 17.1 Å². The Kier molecular flexibility index (Phi) is 6.23. The van der Waals surface area contributed by atoms with Crippen molar-refractivity contribution >= 4 is 17.9 Å². The molecule has 1 aliphatic rings. The highest BCUT2D eigenvalue weighted by Crippen LogP contribution is 2.30. The molecule has 1 aliphatic carbocycles. The summed E-state index contributed by atoms with van der Waals surface area (Å²) in [6.07, 6.45) is 7.56. The molecule has 1 fully saturated rings. The molecule has 1 N–H and O–H groups in total. The standard InChI is InChI=1S/C19H28N2O3/c1-4-21(5-2)18(23)19(13-7-6-8-14-19)20-17(22)12-11-16-10-9-15(3)24-16/h9-12H,4-8,13-14H2,1-3H3,(H,20,22)/b12-11+. The van der Waals surface area contributed by atoms with Gasteiger partial charge in [0.15, 0.2) is 0 Å². The van der Waals surface area contributed by atoms with Crippen molar-refractivity contribution in [1.82, 2.24) is 10.2 Å². The maximum absolute atomic E-state index is 13.0. The minimum Gasteiger partial charge on any atom is -0.462 e. The molecular formula is C19H28N2O3. The number of carbonyl (C=O) groups is 2. The van der Waals surface area contributed by atoms with Crippen LogP contribution in [0.15, 0.2) is 22.6 Å². The molecule has 1 saturated carbocycles. The molecule has 5 nitrogen and oxygen atoms in total. The van der Waals surface area contributed by atoms with Crippen LogP contribution in [0.5, 0.6) is 0 Å². The lowest BCUT2D eigenvalue weighted by Gasteiger charge is -2.39. The molecule has 1 aromatic rings. The summed E-state index contributed by atoms with van der Waals surface area (Å²) in [5.41, 5.74) is -0.759. The van der Waals surface area contributed by atoms with Crippen LogP contribution in [0.1, 0.15) is 57.5 Å². The number of amides is 2. The van der Waals surface area contributed by atoms with Crippen LogP contribution in [0.4, 0.5) is 0 Å². The van der Waals surface area contributed by atoms with Crippen LogP contribution in [-0.2, 0) is 9.59 Å². The molecule has 0 bridgehead atoms. The molecule has 24 heavy (non-hydrogen) atoms. The average molecular weight is 332 g/mol. The fraction of sp³-hybridized carbons (Fsp3) is 0.579. The van der Waals surface area contributed by atoms with E-state index in [1.807, 2.05) is 37.8 Å². The van der Waals surface area contributed by atoms with E-state index in [1.54, 1.807) is 6.08 Å². The second-order valence-corrected chi connectivity index (χ2v) is 6.39. The van der Waals surface area contributed by atoms with Gasteiger partial charge in [-0.15, -0.1) is 0 Å². The predicted molar refractivity (Wildman–Crippen MR) is 94.4 cm³/mol. The van der Waals surface area contributed by atoms with Gasteiger partial charge < -0.3 is 14.6 Å². The van der Waals surface area contributed by atoms with Crippen molar-refractivity contribution in [3.8, 4) is 0 Å². The summed E-state index contributed by atoms with van der Waals surface area (Å²) in [4.78, 5) is 27.2. The van der Waals surface area contributed by atoms with E-state index >= 15 is 0 Å². The van der Waals surface area contributed by atoms with Crippen LogP contribution in [0.3, 0.4) is 0 Å². The molecule has 0 saturated heterocycles. The molecule has 2 amide bonds. The molecule has 0 atom stereocenters. The Morgan fingerprint density at radius 3 is 2.42 bits per heavy atom. The van der Waals surface area contributed by atoms with Gasteiger partial charge in [0.05, 0.1) is 0 Å². The van der Waals surface area contributed by atoms with Gasteiger partial charge in [-0.2, -0.15) is 0 Å². The van der Waals surface area contributed by atoms with Crippen LogP contribution in [0.2, 0.25) is 0 Å². The SMILES string of the molecule is CCN(CC)C(=O)C1(NC(=O)/C=C/c2ccc(C)o2)CCCCC1. The summed E-state index contributed by atoms with van der Waals surface area (Å²) in [6.45, 7) is 7.12. The summed E-state index contributed by atoms with van der Waals surface area (Å²) in [5.74, 6) is 1.24. The van der Waals surface area contributed by atoms with Crippen LogP contribution in [-0.4, -0.2) is 35.3 Å². The van der Waals surface area contributed by atoms with Crippen molar-refractivity contribution in [1.29, 1.82) is 0 Å². The number of nitrogens with one attached hydrogen (secondary N) is 1. The maximum atomic E-state index is 13.0. The predicted octanol–water partition coefficient (Wildman–Crippen LogP) is 3.29. The average Bonchev–Trinajstić information content (AvgIpc) is 3.00. The Balaban J connectivity index is 2.11. The van der Waals surface area contributed by atoms with E-state index < -0.39 is 5.54 Å². The topological polar surface area (TPSA) is 62.6 Å². The lowest BCUT2D eigenvalue weighted by molar-refractivity contribution is -0.142. The lowest BCUT2D eigenvalue weighted by Crippen LogP contribution is -2.60. The van der Waals surface area contributed by atoms with E-state index in [1.165, 1.54) is 6.08 Å². The Bertz CT molecular complexity index is 594. The summed E-state index contributed by atoms with van der Waals surface area (Å²) >= 11 is 0. The first-order valence-corrected chi connectivity index (χ1v) is 8.87. The Morgan fingerprint density at radius 1 is 1.21 bits per heavy atom. The van der Waals surface area contributed by atoms with E-state index in [9.17, 15) is 9.59 Å². The molecule has 5 heteroatoms. The van der Waals surface area contributed by atoms with Crippen LogP contribution >= 0.6 is 0 Å². The zero-order chi connectivity index (χ0) is 17.6. The number of hydrogen-bond donors (Lipinski definition) is 1. The number of nitrogens with zero attached hydrogens (tertiary/aromatic N) is 1. The van der Waals surface area contributed by atoms with Crippen molar-refractivity contribution < 1.29 is 14.0 Å². The van der Waals surface area contributed by atoms with Gasteiger partial charge in [-0.1, -0.05) is 19.3 Å². The number of rotatable bonds is 6. The fourth-order valence-corrected chi connectivity index (χ4v) is 3.34. The quantitative estimate of drug-likeness (QED) is 0.813. The van der Waals surface area contributed by atoms with E-state index in [-0.39, 0.29) is 11.8 Å². The number of carbonyl (C=O) groups excluding carboxylic acids is 2. The molecule has 0 aliphatic heterocycles. The first kappa shape index (κ1) is 18.3. The van der Waals surface area contributed by atoms with E-state index in [4.69, 9.17) is 4.42 Å². The number of likely N-dealkylation sites (N-methyl/N-ethyl adjacent to an activating group) is 1. The molecular weight excluding hydrogens is 304 g/mol. The normalized spacial score (nSPS) is 17.0. The van der Waals surface area contributed by atoms with Gasteiger partial charge in [0, 0.05) is 19.2 Å². The van der Waals surface area contributed by atoms with Gasteiger partial charge in [-0.3, -0.25) is 9.59 Å². The largest absolute Gasteiger partial charge is 0.462 e. The highest BCUT2D eigenvalue weighted by Gasteiger charge is 2.42.